The third-order valence-electron chi connectivity index (χ3n) is 4.70. The van der Waals surface area contributed by atoms with Crippen molar-refractivity contribution in [3.63, 3.8) is 0 Å². The normalized spacial score (nSPS) is 15.6. The van der Waals surface area contributed by atoms with Gasteiger partial charge in [0.05, 0.1) is 12.1 Å². The second-order valence-electron chi connectivity index (χ2n) is 6.48. The first kappa shape index (κ1) is 16.2. The number of carbonyl (C=O) groups is 1. The van der Waals surface area contributed by atoms with E-state index in [1.165, 1.54) is 24.8 Å². The highest BCUT2D eigenvalue weighted by Crippen LogP contribution is 2.25. The third kappa shape index (κ3) is 3.99. The van der Waals surface area contributed by atoms with E-state index in [1.54, 1.807) is 11.3 Å². The molecule has 3 nitrogen and oxygen atoms in total. The van der Waals surface area contributed by atoms with Gasteiger partial charge in [-0.2, -0.15) is 0 Å². The number of likely N-dealkylation sites (N-methyl/N-ethyl adjacent to an activating group) is 1. The van der Waals surface area contributed by atoms with E-state index in [9.17, 15) is 4.79 Å². The van der Waals surface area contributed by atoms with E-state index in [0.29, 0.717) is 12.5 Å². The highest BCUT2D eigenvalue weighted by molar-refractivity contribution is 7.13. The van der Waals surface area contributed by atoms with Gasteiger partial charge in [-0.25, -0.2) is 4.98 Å². The van der Waals surface area contributed by atoms with E-state index in [4.69, 9.17) is 0 Å². The average molecular weight is 328 g/mol. The zero-order chi connectivity index (χ0) is 16.2. The Morgan fingerprint density at radius 2 is 1.91 bits per heavy atom. The van der Waals surface area contributed by atoms with Crippen LogP contribution in [0, 0.1) is 6.92 Å². The maximum absolute atomic E-state index is 12.5. The summed E-state index contributed by atoms with van der Waals surface area (Å²) in [6.45, 7) is 2.08. The van der Waals surface area contributed by atoms with Gasteiger partial charge < -0.3 is 4.90 Å². The quantitative estimate of drug-likeness (QED) is 0.830. The molecule has 1 aliphatic carbocycles. The molecule has 0 atom stereocenters. The number of rotatable bonds is 4. The third-order valence-corrected chi connectivity index (χ3v) is 5.64. The van der Waals surface area contributed by atoms with E-state index in [0.717, 1.165) is 29.1 Å². The molecule has 1 aromatic heterocycles. The van der Waals surface area contributed by atoms with Gasteiger partial charge in [0.1, 0.15) is 5.01 Å². The van der Waals surface area contributed by atoms with Gasteiger partial charge in [-0.15, -0.1) is 11.3 Å². The van der Waals surface area contributed by atoms with Crippen LogP contribution in [0.4, 0.5) is 0 Å². The summed E-state index contributed by atoms with van der Waals surface area (Å²) in [6, 6.07) is 8.80. The molecule has 122 valence electrons. The van der Waals surface area contributed by atoms with Gasteiger partial charge in [0.15, 0.2) is 0 Å². The first-order valence-electron chi connectivity index (χ1n) is 8.40. The summed E-state index contributed by atoms with van der Waals surface area (Å²) in [4.78, 5) is 19.1. The Hall–Kier alpha value is -1.68. The van der Waals surface area contributed by atoms with Crippen LogP contribution in [0.5, 0.6) is 0 Å². The van der Waals surface area contributed by atoms with E-state index in [2.05, 4.69) is 36.2 Å². The minimum atomic E-state index is 0.192. The summed E-state index contributed by atoms with van der Waals surface area (Å²) in [6.07, 6.45) is 6.51. The lowest BCUT2D eigenvalue weighted by molar-refractivity contribution is -0.131. The van der Waals surface area contributed by atoms with Gasteiger partial charge >= 0.3 is 0 Å². The molecule has 1 heterocycles. The van der Waals surface area contributed by atoms with Gasteiger partial charge in [0.2, 0.25) is 5.91 Å². The number of nitrogens with zero attached hydrogens (tertiary/aromatic N) is 2. The molecule has 0 unspecified atom stereocenters. The lowest BCUT2D eigenvalue weighted by Gasteiger charge is -2.31. The van der Waals surface area contributed by atoms with E-state index in [-0.39, 0.29) is 5.91 Å². The Kier molecular flexibility index (Phi) is 5.11. The fourth-order valence-electron chi connectivity index (χ4n) is 3.17. The van der Waals surface area contributed by atoms with Crippen molar-refractivity contribution in [1.29, 1.82) is 0 Å². The molecule has 1 aliphatic rings. The molecule has 0 spiro atoms. The van der Waals surface area contributed by atoms with Crippen LogP contribution in [-0.4, -0.2) is 28.9 Å². The second kappa shape index (κ2) is 7.26. The van der Waals surface area contributed by atoms with Crippen molar-refractivity contribution in [2.24, 2.45) is 0 Å². The number of hydrogen-bond acceptors (Lipinski definition) is 3. The number of hydrogen-bond donors (Lipinski definition) is 0. The van der Waals surface area contributed by atoms with Crippen molar-refractivity contribution < 1.29 is 4.79 Å². The lowest BCUT2D eigenvalue weighted by Crippen LogP contribution is -2.39. The summed E-state index contributed by atoms with van der Waals surface area (Å²) >= 11 is 1.62. The molecule has 4 heteroatoms. The Bertz CT molecular complexity index is 656. The Morgan fingerprint density at radius 1 is 1.22 bits per heavy atom. The fourth-order valence-corrected chi connectivity index (χ4v) is 3.99. The molecule has 0 N–H and O–H groups in total. The predicted octanol–water partition coefficient (Wildman–Crippen LogP) is 4.45. The zero-order valence-electron chi connectivity index (χ0n) is 13.9. The molecule has 1 fully saturated rings. The summed E-state index contributed by atoms with van der Waals surface area (Å²) in [5.74, 6) is 0.192. The number of aromatic nitrogens is 1. The molecular weight excluding hydrogens is 304 g/mol. The molecule has 2 aromatic rings. The van der Waals surface area contributed by atoms with Crippen LogP contribution in [0.1, 0.15) is 43.4 Å². The van der Waals surface area contributed by atoms with Gasteiger partial charge in [-0.3, -0.25) is 4.79 Å². The predicted molar refractivity (Wildman–Crippen MR) is 95.6 cm³/mol. The Labute approximate surface area is 142 Å². The van der Waals surface area contributed by atoms with Crippen LogP contribution >= 0.6 is 11.3 Å². The number of aryl methyl sites for hydroxylation is 1. The zero-order valence-corrected chi connectivity index (χ0v) is 14.7. The molecule has 1 amide bonds. The molecule has 0 radical (unpaired) electrons. The molecule has 0 saturated heterocycles. The van der Waals surface area contributed by atoms with Crippen molar-refractivity contribution >= 4 is 17.2 Å². The maximum Gasteiger partial charge on any atom is 0.228 e. The molecule has 3 rings (SSSR count). The van der Waals surface area contributed by atoms with Gasteiger partial charge in [0.25, 0.3) is 0 Å². The molecule has 23 heavy (non-hydrogen) atoms. The number of amides is 1. The molecule has 0 bridgehead atoms. The first-order chi connectivity index (χ1) is 11.1. The van der Waals surface area contributed by atoms with Crippen molar-refractivity contribution in [2.75, 3.05) is 7.05 Å². The van der Waals surface area contributed by atoms with Crippen LogP contribution < -0.4 is 0 Å². The smallest absolute Gasteiger partial charge is 0.228 e. The van der Waals surface area contributed by atoms with Crippen molar-refractivity contribution in [1.82, 2.24) is 9.88 Å². The summed E-state index contributed by atoms with van der Waals surface area (Å²) in [5, 5.41) is 3.01. The molecule has 1 aromatic carbocycles. The van der Waals surface area contributed by atoms with Crippen LogP contribution in [0.2, 0.25) is 0 Å². The number of carbonyl (C=O) groups excluding carboxylic acids is 1. The molecular formula is C19H24N2OS. The average Bonchev–Trinajstić information content (AvgIpc) is 3.04. The minimum absolute atomic E-state index is 0.192. The number of benzene rings is 1. The topological polar surface area (TPSA) is 33.2 Å². The maximum atomic E-state index is 12.5. The summed E-state index contributed by atoms with van der Waals surface area (Å²) < 4.78 is 0. The number of thiazole rings is 1. The van der Waals surface area contributed by atoms with Crippen LogP contribution in [0.25, 0.3) is 10.6 Å². The highest BCUT2D eigenvalue weighted by atomic mass is 32.1. The lowest BCUT2D eigenvalue weighted by atomic mass is 9.94. The van der Waals surface area contributed by atoms with E-state index < -0.39 is 0 Å². The standard InChI is InChI=1S/C19H24N2OS/c1-14-8-10-15(11-9-14)19-20-16(13-23-19)12-18(22)21(2)17-6-4-3-5-7-17/h8-11,13,17H,3-7,12H2,1-2H3. The fraction of sp³-hybridized carbons (Fsp3) is 0.474. The second-order valence-corrected chi connectivity index (χ2v) is 7.34. The Balaban J connectivity index is 1.64. The minimum Gasteiger partial charge on any atom is -0.342 e. The first-order valence-corrected chi connectivity index (χ1v) is 9.28. The van der Waals surface area contributed by atoms with Crippen LogP contribution in [0.3, 0.4) is 0 Å². The summed E-state index contributed by atoms with van der Waals surface area (Å²) in [7, 11) is 1.95. The van der Waals surface area contributed by atoms with Gasteiger partial charge in [0, 0.05) is 24.0 Å². The van der Waals surface area contributed by atoms with E-state index >= 15 is 0 Å². The summed E-state index contributed by atoms with van der Waals surface area (Å²) in [5.41, 5.74) is 3.26. The largest absolute Gasteiger partial charge is 0.342 e. The van der Waals surface area contributed by atoms with Crippen LogP contribution in [-0.2, 0) is 11.2 Å². The van der Waals surface area contributed by atoms with Crippen molar-refractivity contribution in [3.8, 4) is 10.6 Å². The Morgan fingerprint density at radius 3 is 2.61 bits per heavy atom. The monoisotopic (exact) mass is 328 g/mol. The SMILES string of the molecule is Cc1ccc(-c2nc(CC(=O)N(C)C3CCCCC3)cs2)cc1. The van der Waals surface area contributed by atoms with Gasteiger partial charge in [-0.05, 0) is 19.8 Å². The van der Waals surface area contributed by atoms with Crippen LogP contribution in [0.15, 0.2) is 29.6 Å². The van der Waals surface area contributed by atoms with Crippen molar-refractivity contribution in [2.45, 2.75) is 51.5 Å². The highest BCUT2D eigenvalue weighted by Gasteiger charge is 2.22. The van der Waals surface area contributed by atoms with Crippen molar-refractivity contribution in [3.05, 3.63) is 40.9 Å². The van der Waals surface area contributed by atoms with Gasteiger partial charge in [-0.1, -0.05) is 49.1 Å². The molecule has 0 aliphatic heterocycles. The van der Waals surface area contributed by atoms with E-state index in [1.807, 2.05) is 17.3 Å². The molecule has 1 saturated carbocycles.